The van der Waals surface area contributed by atoms with Crippen LogP contribution >= 0.6 is 0 Å². The second-order valence-corrected chi connectivity index (χ2v) is 3.28. The van der Waals surface area contributed by atoms with Gasteiger partial charge in [0.05, 0.1) is 0 Å². The first-order valence-corrected chi connectivity index (χ1v) is 4.92. The highest BCUT2D eigenvalue weighted by atomic mass is 16.6. The Morgan fingerprint density at radius 2 is 2.29 bits per heavy atom. The minimum Gasteiger partial charge on any atom is -0.358 e. The Morgan fingerprint density at radius 3 is 2.86 bits per heavy atom. The molecule has 0 aliphatic rings. The second-order valence-electron chi connectivity index (χ2n) is 3.28. The van der Waals surface area contributed by atoms with Gasteiger partial charge in [-0.3, -0.25) is 0 Å². The number of hydrogen-bond donors (Lipinski definition) is 1. The van der Waals surface area contributed by atoms with E-state index in [1.54, 1.807) is 0 Å². The molecule has 0 radical (unpaired) electrons. The molecule has 1 rings (SSSR count). The predicted octanol–water partition coefficient (Wildman–Crippen LogP) is 2.44. The van der Waals surface area contributed by atoms with E-state index >= 15 is 0 Å². The summed E-state index contributed by atoms with van der Waals surface area (Å²) in [7, 11) is 0. The fourth-order valence-electron chi connectivity index (χ4n) is 1.29. The van der Waals surface area contributed by atoms with Gasteiger partial charge >= 0.3 is 5.82 Å². The van der Waals surface area contributed by atoms with Gasteiger partial charge in [0.2, 0.25) is 0 Å². The van der Waals surface area contributed by atoms with Crippen molar-refractivity contribution in [3.63, 3.8) is 0 Å². The lowest BCUT2D eigenvalue weighted by molar-refractivity contribution is -0.389. The van der Waals surface area contributed by atoms with Gasteiger partial charge < -0.3 is 10.1 Å². The summed E-state index contributed by atoms with van der Waals surface area (Å²) in [4.78, 5) is 16.5. The molecule has 78 valence electrons. The molecule has 0 bridgehead atoms. The third-order valence-electron chi connectivity index (χ3n) is 2.08. The first kappa shape index (κ1) is 10.7. The number of nitrogens with one attached hydrogen (secondary N) is 1. The highest BCUT2D eigenvalue weighted by molar-refractivity contribution is 5.14. The number of imidazole rings is 1. The predicted molar refractivity (Wildman–Crippen MR) is 53.1 cm³/mol. The SMILES string of the molecule is CCCCCCc1ncc([N+](=O)[O-])[nH]1. The molecule has 5 heteroatoms. The van der Waals surface area contributed by atoms with Crippen LogP contribution in [0, 0.1) is 10.1 Å². The highest BCUT2D eigenvalue weighted by Gasteiger charge is 2.08. The zero-order chi connectivity index (χ0) is 10.4. The van der Waals surface area contributed by atoms with Gasteiger partial charge in [-0.05, 0) is 11.3 Å². The van der Waals surface area contributed by atoms with Crippen LogP contribution in [0.2, 0.25) is 0 Å². The zero-order valence-corrected chi connectivity index (χ0v) is 8.32. The summed E-state index contributed by atoms with van der Waals surface area (Å²) in [5, 5.41) is 10.3. The number of unbranched alkanes of at least 4 members (excludes halogenated alkanes) is 3. The van der Waals surface area contributed by atoms with Crippen LogP contribution in [-0.4, -0.2) is 14.9 Å². The van der Waals surface area contributed by atoms with Crippen molar-refractivity contribution in [1.82, 2.24) is 9.97 Å². The first-order chi connectivity index (χ1) is 6.74. The third-order valence-corrected chi connectivity index (χ3v) is 2.08. The first-order valence-electron chi connectivity index (χ1n) is 4.92. The van der Waals surface area contributed by atoms with E-state index in [-0.39, 0.29) is 5.82 Å². The van der Waals surface area contributed by atoms with Crippen molar-refractivity contribution in [2.24, 2.45) is 0 Å². The highest BCUT2D eigenvalue weighted by Crippen LogP contribution is 2.09. The van der Waals surface area contributed by atoms with Gasteiger partial charge in [-0.25, -0.2) is 9.97 Å². The molecule has 0 saturated carbocycles. The van der Waals surface area contributed by atoms with Gasteiger partial charge in [0.15, 0.2) is 5.82 Å². The van der Waals surface area contributed by atoms with E-state index < -0.39 is 4.92 Å². The molecule has 0 aliphatic heterocycles. The average Bonchev–Trinajstić information content (AvgIpc) is 2.61. The van der Waals surface area contributed by atoms with Gasteiger partial charge in [-0.2, -0.15) is 0 Å². The number of rotatable bonds is 6. The van der Waals surface area contributed by atoms with Crippen molar-refractivity contribution >= 4 is 5.82 Å². The number of nitro groups is 1. The van der Waals surface area contributed by atoms with Crippen LogP contribution in [0.5, 0.6) is 0 Å². The van der Waals surface area contributed by atoms with Crippen molar-refractivity contribution in [3.05, 3.63) is 22.1 Å². The van der Waals surface area contributed by atoms with Gasteiger partial charge in [0.1, 0.15) is 6.20 Å². The Morgan fingerprint density at radius 1 is 1.50 bits per heavy atom. The molecule has 1 heterocycles. The Balaban J connectivity index is 2.33. The quantitative estimate of drug-likeness (QED) is 0.432. The molecule has 0 saturated heterocycles. The van der Waals surface area contributed by atoms with Crippen molar-refractivity contribution < 1.29 is 4.92 Å². The summed E-state index contributed by atoms with van der Waals surface area (Å²) in [6, 6.07) is 0. The van der Waals surface area contributed by atoms with Gasteiger partial charge in [-0.15, -0.1) is 0 Å². The van der Waals surface area contributed by atoms with Gasteiger partial charge in [0.25, 0.3) is 0 Å². The maximum Gasteiger partial charge on any atom is 0.340 e. The van der Waals surface area contributed by atoms with Crippen molar-refractivity contribution in [2.45, 2.75) is 39.0 Å². The van der Waals surface area contributed by atoms with Crippen molar-refractivity contribution in [1.29, 1.82) is 0 Å². The van der Waals surface area contributed by atoms with Crippen LogP contribution in [0.25, 0.3) is 0 Å². The maximum absolute atomic E-state index is 10.3. The molecular weight excluding hydrogens is 182 g/mol. The monoisotopic (exact) mass is 197 g/mol. The van der Waals surface area contributed by atoms with E-state index in [9.17, 15) is 10.1 Å². The molecular formula is C9H15N3O2. The maximum atomic E-state index is 10.3. The minimum absolute atomic E-state index is 0.0181. The summed E-state index contributed by atoms with van der Waals surface area (Å²) >= 11 is 0. The molecule has 5 nitrogen and oxygen atoms in total. The van der Waals surface area contributed by atoms with Crippen LogP contribution in [0.4, 0.5) is 5.82 Å². The standard InChI is InChI=1S/C9H15N3O2/c1-2-3-4-5-6-8-10-7-9(11-8)12(13)14/h7H,2-6H2,1H3,(H,10,11). The molecule has 0 amide bonds. The summed E-state index contributed by atoms with van der Waals surface area (Å²) in [5.41, 5.74) is 0. The normalized spacial score (nSPS) is 10.4. The summed E-state index contributed by atoms with van der Waals surface area (Å²) < 4.78 is 0. The lowest BCUT2D eigenvalue weighted by Gasteiger charge is -1.94. The van der Waals surface area contributed by atoms with E-state index in [0.29, 0.717) is 5.82 Å². The fourth-order valence-corrected chi connectivity index (χ4v) is 1.29. The smallest absolute Gasteiger partial charge is 0.340 e. The lowest BCUT2D eigenvalue weighted by Crippen LogP contribution is -1.90. The Labute approximate surface area is 82.7 Å². The number of H-pyrrole nitrogens is 1. The molecule has 1 N–H and O–H groups in total. The van der Waals surface area contributed by atoms with E-state index in [4.69, 9.17) is 0 Å². The second kappa shape index (κ2) is 5.36. The average molecular weight is 197 g/mol. The van der Waals surface area contributed by atoms with Gasteiger partial charge in [0, 0.05) is 6.42 Å². The molecule has 14 heavy (non-hydrogen) atoms. The van der Waals surface area contributed by atoms with Crippen LogP contribution in [-0.2, 0) is 6.42 Å². The molecule has 0 fully saturated rings. The Bertz CT molecular complexity index is 296. The topological polar surface area (TPSA) is 71.8 Å². The van der Waals surface area contributed by atoms with Crippen molar-refractivity contribution in [2.75, 3.05) is 0 Å². The Hall–Kier alpha value is -1.39. The van der Waals surface area contributed by atoms with Crippen LogP contribution < -0.4 is 0 Å². The van der Waals surface area contributed by atoms with E-state index in [1.807, 2.05) is 0 Å². The Kier molecular flexibility index (Phi) is 4.10. The molecule has 0 aromatic carbocycles. The number of aromatic amines is 1. The molecule has 0 unspecified atom stereocenters. The molecule has 1 aromatic heterocycles. The van der Waals surface area contributed by atoms with Crippen LogP contribution in [0.3, 0.4) is 0 Å². The van der Waals surface area contributed by atoms with E-state index in [0.717, 1.165) is 19.3 Å². The number of aromatic nitrogens is 2. The number of nitrogens with zero attached hydrogens (tertiary/aromatic N) is 2. The lowest BCUT2D eigenvalue weighted by atomic mass is 10.1. The van der Waals surface area contributed by atoms with Crippen molar-refractivity contribution in [3.8, 4) is 0 Å². The largest absolute Gasteiger partial charge is 0.358 e. The van der Waals surface area contributed by atoms with Gasteiger partial charge in [-0.1, -0.05) is 26.2 Å². The number of aryl methyl sites for hydroxylation is 1. The van der Waals surface area contributed by atoms with Crippen LogP contribution in [0.15, 0.2) is 6.20 Å². The zero-order valence-electron chi connectivity index (χ0n) is 8.32. The number of hydrogen-bond acceptors (Lipinski definition) is 3. The van der Waals surface area contributed by atoms with Crippen LogP contribution in [0.1, 0.15) is 38.4 Å². The summed E-state index contributed by atoms with van der Waals surface area (Å²) in [6.45, 7) is 2.15. The van der Waals surface area contributed by atoms with E-state index in [1.165, 1.54) is 19.0 Å². The summed E-state index contributed by atoms with van der Waals surface area (Å²) in [5.74, 6) is 0.697. The minimum atomic E-state index is -0.456. The molecule has 0 atom stereocenters. The third kappa shape index (κ3) is 3.16. The molecule has 0 spiro atoms. The van der Waals surface area contributed by atoms with E-state index in [2.05, 4.69) is 16.9 Å². The fraction of sp³-hybridized carbons (Fsp3) is 0.667. The molecule has 0 aliphatic carbocycles. The molecule has 1 aromatic rings. The summed E-state index contributed by atoms with van der Waals surface area (Å²) in [6.07, 6.45) is 6.67.